The Morgan fingerprint density at radius 3 is 1.96 bits per heavy atom. The number of allylic oxidation sites excluding steroid dienone is 1. The number of aliphatic imine (C=N–C) groups is 1. The van der Waals surface area contributed by atoms with E-state index < -0.39 is 0 Å². The second kappa shape index (κ2) is 6.05. The lowest BCUT2D eigenvalue weighted by Gasteiger charge is -2.09. The Kier molecular flexibility index (Phi) is 3.61. The Morgan fingerprint density at radius 2 is 1.22 bits per heavy atom. The summed E-state index contributed by atoms with van der Waals surface area (Å²) in [5.41, 5.74) is 7.08. The van der Waals surface area contributed by atoms with Crippen molar-refractivity contribution in [3.8, 4) is 0 Å². The van der Waals surface area contributed by atoms with Crippen molar-refractivity contribution in [3.63, 3.8) is 0 Å². The second-order valence-electron chi connectivity index (χ2n) is 5.70. The van der Waals surface area contributed by atoms with E-state index in [0.29, 0.717) is 0 Å². The van der Waals surface area contributed by atoms with E-state index in [-0.39, 0.29) is 0 Å². The van der Waals surface area contributed by atoms with Crippen molar-refractivity contribution >= 4 is 23.0 Å². The fourth-order valence-electron chi connectivity index (χ4n) is 2.95. The molecule has 1 nitrogen and oxygen atoms in total. The third kappa shape index (κ3) is 2.86. The van der Waals surface area contributed by atoms with E-state index in [4.69, 9.17) is 4.99 Å². The van der Waals surface area contributed by atoms with Gasteiger partial charge in [-0.3, -0.25) is 4.99 Å². The van der Waals surface area contributed by atoms with Gasteiger partial charge in [0.1, 0.15) is 0 Å². The molecule has 0 amide bonds. The molecule has 0 saturated heterocycles. The van der Waals surface area contributed by atoms with Gasteiger partial charge in [-0.1, -0.05) is 78.9 Å². The number of benzene rings is 3. The van der Waals surface area contributed by atoms with Crippen LogP contribution < -0.4 is 0 Å². The fraction of sp³-hybridized carbons (Fsp3) is 0.0455. The molecule has 0 saturated carbocycles. The number of fused-ring (bicyclic) bond motifs is 1. The van der Waals surface area contributed by atoms with Gasteiger partial charge in [0, 0.05) is 12.0 Å². The Morgan fingerprint density at radius 1 is 0.609 bits per heavy atom. The molecule has 1 aliphatic rings. The van der Waals surface area contributed by atoms with E-state index >= 15 is 0 Å². The summed E-state index contributed by atoms with van der Waals surface area (Å²) in [7, 11) is 0. The minimum Gasteiger partial charge on any atom is -0.252 e. The third-order valence-corrected chi connectivity index (χ3v) is 4.13. The maximum Gasteiger partial charge on any atom is 0.0705 e. The molecule has 0 bridgehead atoms. The van der Waals surface area contributed by atoms with Crippen LogP contribution in [0, 0.1) is 0 Å². The van der Waals surface area contributed by atoms with Crippen molar-refractivity contribution in [2.45, 2.75) is 6.42 Å². The van der Waals surface area contributed by atoms with Gasteiger partial charge in [0.25, 0.3) is 0 Å². The van der Waals surface area contributed by atoms with E-state index in [1.54, 1.807) is 0 Å². The van der Waals surface area contributed by atoms with Gasteiger partial charge in [0.2, 0.25) is 0 Å². The molecule has 1 aliphatic heterocycles. The monoisotopic (exact) mass is 295 g/mol. The first-order valence-corrected chi connectivity index (χ1v) is 7.88. The number of hydrogen-bond donors (Lipinski definition) is 0. The normalized spacial score (nSPS) is 13.6. The number of nitrogens with zero attached hydrogens (tertiary/aromatic N) is 1. The number of rotatable bonds is 2. The van der Waals surface area contributed by atoms with Crippen LogP contribution in [0.1, 0.15) is 23.1 Å². The summed E-state index contributed by atoms with van der Waals surface area (Å²) in [6, 6.07) is 29.4. The minimum absolute atomic E-state index is 0.836. The molecule has 1 heterocycles. The quantitative estimate of drug-likeness (QED) is 0.570. The van der Waals surface area contributed by atoms with Crippen LogP contribution in [0.2, 0.25) is 0 Å². The molecular formula is C22H17N. The first kappa shape index (κ1) is 13.7. The van der Waals surface area contributed by atoms with Crippen molar-refractivity contribution < 1.29 is 0 Å². The molecular weight excluding hydrogens is 278 g/mol. The Balaban J connectivity index is 1.87. The van der Waals surface area contributed by atoms with Crippen LogP contribution in [0.4, 0.5) is 5.69 Å². The third-order valence-electron chi connectivity index (χ3n) is 4.13. The SMILES string of the molecule is C1=C(c2ccccc2)CC(c2ccccc2)=Nc2ccccc21. The maximum atomic E-state index is 4.95. The molecule has 0 radical (unpaired) electrons. The lowest BCUT2D eigenvalue weighted by Crippen LogP contribution is -2.01. The largest absolute Gasteiger partial charge is 0.252 e. The highest BCUT2D eigenvalue weighted by Crippen LogP contribution is 2.32. The molecule has 0 atom stereocenters. The van der Waals surface area contributed by atoms with Crippen LogP contribution in [-0.2, 0) is 0 Å². The Hall–Kier alpha value is -2.93. The lowest BCUT2D eigenvalue weighted by molar-refractivity contribution is 1.41. The molecule has 110 valence electrons. The molecule has 0 spiro atoms. The molecule has 23 heavy (non-hydrogen) atoms. The van der Waals surface area contributed by atoms with Gasteiger partial charge >= 0.3 is 0 Å². The number of para-hydroxylation sites is 1. The zero-order valence-electron chi connectivity index (χ0n) is 12.8. The standard InChI is InChI=1S/C22H17N/c1-3-9-17(10-4-1)20-15-19-13-7-8-14-21(19)23-22(16-20)18-11-5-2-6-12-18/h1-15H,16H2. The van der Waals surface area contributed by atoms with Crippen molar-refractivity contribution in [1.82, 2.24) is 0 Å². The highest BCUT2D eigenvalue weighted by atomic mass is 14.8. The van der Waals surface area contributed by atoms with E-state index in [1.807, 2.05) is 12.1 Å². The molecule has 4 rings (SSSR count). The van der Waals surface area contributed by atoms with Gasteiger partial charge in [0.15, 0.2) is 0 Å². The minimum atomic E-state index is 0.836. The van der Waals surface area contributed by atoms with E-state index in [2.05, 4.69) is 78.9 Å². The van der Waals surface area contributed by atoms with Crippen LogP contribution in [-0.4, -0.2) is 5.71 Å². The van der Waals surface area contributed by atoms with Gasteiger partial charge in [-0.05, 0) is 28.8 Å². The van der Waals surface area contributed by atoms with Gasteiger partial charge in [0.05, 0.1) is 11.4 Å². The molecule has 0 fully saturated rings. The summed E-state index contributed by atoms with van der Waals surface area (Å²) in [5.74, 6) is 0. The van der Waals surface area contributed by atoms with Crippen molar-refractivity contribution in [2.24, 2.45) is 4.99 Å². The van der Waals surface area contributed by atoms with Crippen LogP contribution in [0.5, 0.6) is 0 Å². The van der Waals surface area contributed by atoms with Crippen LogP contribution >= 0.6 is 0 Å². The summed E-state index contributed by atoms with van der Waals surface area (Å²) < 4.78 is 0. The Bertz CT molecular complexity index is 800. The molecule has 0 aliphatic carbocycles. The molecule has 0 unspecified atom stereocenters. The highest BCUT2D eigenvalue weighted by molar-refractivity contribution is 6.11. The summed E-state index contributed by atoms with van der Waals surface area (Å²) in [4.78, 5) is 4.95. The second-order valence-corrected chi connectivity index (χ2v) is 5.70. The summed E-state index contributed by atoms with van der Waals surface area (Å²) in [6.45, 7) is 0. The molecule has 0 N–H and O–H groups in total. The molecule has 3 aromatic rings. The predicted octanol–water partition coefficient (Wildman–Crippen LogP) is 5.75. The van der Waals surface area contributed by atoms with Crippen molar-refractivity contribution in [2.75, 3.05) is 0 Å². The highest BCUT2D eigenvalue weighted by Gasteiger charge is 2.14. The summed E-state index contributed by atoms with van der Waals surface area (Å²) >= 11 is 0. The first-order chi connectivity index (χ1) is 11.4. The van der Waals surface area contributed by atoms with Gasteiger partial charge in [-0.2, -0.15) is 0 Å². The fourth-order valence-corrected chi connectivity index (χ4v) is 2.95. The van der Waals surface area contributed by atoms with Crippen molar-refractivity contribution in [1.29, 1.82) is 0 Å². The van der Waals surface area contributed by atoms with Crippen molar-refractivity contribution in [3.05, 3.63) is 102 Å². The number of hydrogen-bond acceptors (Lipinski definition) is 1. The van der Waals surface area contributed by atoms with E-state index in [0.717, 1.165) is 17.8 Å². The first-order valence-electron chi connectivity index (χ1n) is 7.88. The zero-order valence-corrected chi connectivity index (χ0v) is 12.8. The maximum absolute atomic E-state index is 4.95. The average molecular weight is 295 g/mol. The van der Waals surface area contributed by atoms with Crippen LogP contribution in [0.15, 0.2) is 89.9 Å². The average Bonchev–Trinajstić information content (AvgIpc) is 2.83. The smallest absolute Gasteiger partial charge is 0.0705 e. The molecule has 0 aromatic heterocycles. The zero-order chi connectivity index (χ0) is 15.5. The Labute approximate surface area is 136 Å². The van der Waals surface area contributed by atoms with Gasteiger partial charge in [-0.25, -0.2) is 0 Å². The van der Waals surface area contributed by atoms with E-state index in [1.165, 1.54) is 22.3 Å². The summed E-state index contributed by atoms with van der Waals surface area (Å²) in [6.07, 6.45) is 3.10. The van der Waals surface area contributed by atoms with E-state index in [9.17, 15) is 0 Å². The van der Waals surface area contributed by atoms with Gasteiger partial charge in [-0.15, -0.1) is 0 Å². The lowest BCUT2D eigenvalue weighted by atomic mass is 9.96. The summed E-state index contributed by atoms with van der Waals surface area (Å²) in [5, 5.41) is 0. The van der Waals surface area contributed by atoms with Gasteiger partial charge < -0.3 is 0 Å². The molecule has 3 aromatic carbocycles. The molecule has 1 heteroatoms. The van der Waals surface area contributed by atoms with Crippen LogP contribution in [0.25, 0.3) is 11.6 Å². The van der Waals surface area contributed by atoms with Crippen LogP contribution in [0.3, 0.4) is 0 Å². The predicted molar refractivity (Wildman–Crippen MR) is 98.0 cm³/mol. The topological polar surface area (TPSA) is 12.4 Å².